The van der Waals surface area contributed by atoms with Gasteiger partial charge in [0.2, 0.25) is 0 Å². The van der Waals surface area contributed by atoms with Gasteiger partial charge in [0.1, 0.15) is 12.1 Å². The number of nitrogens with two attached hydrogens (primary N) is 1. The second kappa shape index (κ2) is 5.27. The van der Waals surface area contributed by atoms with Gasteiger partial charge in [-0.1, -0.05) is 0 Å². The molecule has 5 nitrogen and oxygen atoms in total. The zero-order valence-corrected chi connectivity index (χ0v) is 8.89. The van der Waals surface area contributed by atoms with Crippen LogP contribution in [0.1, 0.15) is 6.42 Å². The molecule has 0 saturated carbocycles. The first-order valence-corrected chi connectivity index (χ1v) is 5.18. The maximum atomic E-state index is 5.41. The summed E-state index contributed by atoms with van der Waals surface area (Å²) in [5.74, 6) is 0.805. The van der Waals surface area contributed by atoms with Crippen LogP contribution in [-0.4, -0.2) is 23.1 Å². The fourth-order valence-corrected chi connectivity index (χ4v) is 1.34. The number of furan rings is 1. The van der Waals surface area contributed by atoms with Crippen molar-refractivity contribution in [1.29, 1.82) is 0 Å². The highest BCUT2D eigenvalue weighted by molar-refractivity contribution is 5.60. The second-order valence-electron chi connectivity index (χ2n) is 3.37. The maximum absolute atomic E-state index is 5.41. The maximum Gasteiger partial charge on any atom is 0.129 e. The third kappa shape index (κ3) is 2.58. The van der Waals surface area contributed by atoms with E-state index in [0.717, 1.165) is 30.0 Å². The van der Waals surface area contributed by atoms with Crippen LogP contribution in [0, 0.1) is 0 Å². The molecule has 0 fully saturated rings. The molecule has 5 heteroatoms. The molecule has 0 saturated heterocycles. The Balaban J connectivity index is 2.08. The summed E-state index contributed by atoms with van der Waals surface area (Å²) in [4.78, 5) is 8.30. The molecule has 0 radical (unpaired) electrons. The van der Waals surface area contributed by atoms with Crippen molar-refractivity contribution in [1.82, 2.24) is 9.97 Å². The van der Waals surface area contributed by atoms with E-state index in [0.29, 0.717) is 6.54 Å². The Morgan fingerprint density at radius 2 is 2.31 bits per heavy atom. The predicted molar refractivity (Wildman–Crippen MR) is 61.9 cm³/mol. The highest BCUT2D eigenvalue weighted by atomic mass is 16.3. The van der Waals surface area contributed by atoms with E-state index in [2.05, 4.69) is 15.3 Å². The molecule has 3 N–H and O–H groups in total. The van der Waals surface area contributed by atoms with E-state index in [-0.39, 0.29) is 0 Å². The quantitative estimate of drug-likeness (QED) is 0.743. The summed E-state index contributed by atoms with van der Waals surface area (Å²) in [6.45, 7) is 1.49. The van der Waals surface area contributed by atoms with Gasteiger partial charge in [-0.05, 0) is 19.0 Å². The number of rotatable bonds is 5. The third-order valence-electron chi connectivity index (χ3n) is 2.17. The molecule has 0 aliphatic rings. The summed E-state index contributed by atoms with van der Waals surface area (Å²) in [5.41, 5.74) is 7.21. The average molecular weight is 218 g/mol. The van der Waals surface area contributed by atoms with Gasteiger partial charge in [-0.25, -0.2) is 9.97 Å². The minimum atomic E-state index is 0.673. The summed E-state index contributed by atoms with van der Waals surface area (Å²) in [6.07, 6.45) is 5.74. The van der Waals surface area contributed by atoms with Crippen molar-refractivity contribution in [3.8, 4) is 11.3 Å². The molecule has 0 aromatic carbocycles. The first-order valence-electron chi connectivity index (χ1n) is 5.18. The average Bonchev–Trinajstić information content (AvgIpc) is 2.83. The molecule has 2 aromatic heterocycles. The molecule has 0 aliphatic carbocycles. The normalized spacial score (nSPS) is 10.3. The van der Waals surface area contributed by atoms with Gasteiger partial charge < -0.3 is 15.5 Å². The van der Waals surface area contributed by atoms with Crippen LogP contribution in [-0.2, 0) is 0 Å². The SMILES string of the molecule is NCCCNc1cc(-c2ccoc2)ncn1. The van der Waals surface area contributed by atoms with Crippen molar-refractivity contribution >= 4 is 5.82 Å². The van der Waals surface area contributed by atoms with Crippen LogP contribution in [0.3, 0.4) is 0 Å². The smallest absolute Gasteiger partial charge is 0.129 e. The molecule has 2 heterocycles. The molecule has 0 aliphatic heterocycles. The van der Waals surface area contributed by atoms with Crippen molar-refractivity contribution < 1.29 is 4.42 Å². The lowest BCUT2D eigenvalue weighted by molar-refractivity contribution is 0.568. The van der Waals surface area contributed by atoms with Crippen LogP contribution < -0.4 is 11.1 Å². The van der Waals surface area contributed by atoms with Gasteiger partial charge in [0, 0.05) is 18.2 Å². The Labute approximate surface area is 93.7 Å². The summed E-state index contributed by atoms with van der Waals surface area (Å²) in [7, 11) is 0. The highest BCUT2D eigenvalue weighted by Gasteiger charge is 2.02. The Kier molecular flexibility index (Phi) is 3.50. The molecule has 2 aromatic rings. The molecule has 84 valence electrons. The summed E-state index contributed by atoms with van der Waals surface area (Å²) >= 11 is 0. The van der Waals surface area contributed by atoms with Crippen molar-refractivity contribution in [2.45, 2.75) is 6.42 Å². The summed E-state index contributed by atoms with van der Waals surface area (Å²) in [5, 5.41) is 3.19. The van der Waals surface area contributed by atoms with Gasteiger partial charge in [-0.15, -0.1) is 0 Å². The summed E-state index contributed by atoms with van der Waals surface area (Å²) < 4.78 is 5.01. The van der Waals surface area contributed by atoms with E-state index >= 15 is 0 Å². The predicted octanol–water partition coefficient (Wildman–Crippen LogP) is 1.50. The number of nitrogens with one attached hydrogen (secondary N) is 1. The molecule has 0 amide bonds. The monoisotopic (exact) mass is 218 g/mol. The molecule has 0 bridgehead atoms. The van der Waals surface area contributed by atoms with Gasteiger partial charge in [-0.2, -0.15) is 0 Å². The Bertz CT molecular complexity index is 427. The largest absolute Gasteiger partial charge is 0.472 e. The zero-order valence-electron chi connectivity index (χ0n) is 8.89. The zero-order chi connectivity index (χ0) is 11.2. The van der Waals surface area contributed by atoms with Crippen LogP contribution in [0.2, 0.25) is 0 Å². The number of anilines is 1. The van der Waals surface area contributed by atoms with Gasteiger partial charge in [0.25, 0.3) is 0 Å². The first kappa shape index (κ1) is 10.6. The lowest BCUT2D eigenvalue weighted by Gasteiger charge is -2.04. The summed E-state index contributed by atoms with van der Waals surface area (Å²) in [6, 6.07) is 3.76. The van der Waals surface area contributed by atoms with Crippen LogP contribution in [0.5, 0.6) is 0 Å². The lowest BCUT2D eigenvalue weighted by atomic mass is 10.2. The molecule has 2 rings (SSSR count). The highest BCUT2D eigenvalue weighted by Crippen LogP contribution is 2.18. The van der Waals surface area contributed by atoms with E-state index in [4.69, 9.17) is 10.2 Å². The molecule has 0 unspecified atom stereocenters. The molecular formula is C11H14N4O. The number of hydrogen-bond donors (Lipinski definition) is 2. The number of nitrogens with zero attached hydrogens (tertiary/aromatic N) is 2. The minimum Gasteiger partial charge on any atom is -0.472 e. The Morgan fingerprint density at radius 3 is 3.06 bits per heavy atom. The number of hydrogen-bond acceptors (Lipinski definition) is 5. The van der Waals surface area contributed by atoms with Crippen LogP contribution in [0.4, 0.5) is 5.82 Å². The van der Waals surface area contributed by atoms with E-state index < -0.39 is 0 Å². The third-order valence-corrected chi connectivity index (χ3v) is 2.17. The van der Waals surface area contributed by atoms with Gasteiger partial charge in [0.05, 0.1) is 18.2 Å². The van der Waals surface area contributed by atoms with Gasteiger partial charge in [-0.3, -0.25) is 0 Å². The van der Waals surface area contributed by atoms with Crippen molar-refractivity contribution in [2.75, 3.05) is 18.4 Å². The van der Waals surface area contributed by atoms with Crippen LogP contribution in [0.15, 0.2) is 35.4 Å². The minimum absolute atomic E-state index is 0.673. The van der Waals surface area contributed by atoms with Crippen LogP contribution >= 0.6 is 0 Å². The Hall–Kier alpha value is -1.88. The Morgan fingerprint density at radius 1 is 1.38 bits per heavy atom. The van der Waals surface area contributed by atoms with Crippen molar-refractivity contribution in [3.05, 3.63) is 31.0 Å². The molecular weight excluding hydrogens is 204 g/mol. The lowest BCUT2D eigenvalue weighted by Crippen LogP contribution is -2.09. The fourth-order valence-electron chi connectivity index (χ4n) is 1.34. The van der Waals surface area contributed by atoms with E-state index in [1.807, 2.05) is 12.1 Å². The van der Waals surface area contributed by atoms with E-state index in [9.17, 15) is 0 Å². The number of aromatic nitrogens is 2. The first-order chi connectivity index (χ1) is 7.90. The van der Waals surface area contributed by atoms with E-state index in [1.165, 1.54) is 6.33 Å². The van der Waals surface area contributed by atoms with Crippen LogP contribution in [0.25, 0.3) is 11.3 Å². The molecule has 0 spiro atoms. The molecule has 0 atom stereocenters. The van der Waals surface area contributed by atoms with E-state index in [1.54, 1.807) is 12.5 Å². The van der Waals surface area contributed by atoms with Crippen molar-refractivity contribution in [3.63, 3.8) is 0 Å². The second-order valence-corrected chi connectivity index (χ2v) is 3.37. The van der Waals surface area contributed by atoms with Gasteiger partial charge >= 0.3 is 0 Å². The van der Waals surface area contributed by atoms with Gasteiger partial charge in [0.15, 0.2) is 0 Å². The topological polar surface area (TPSA) is 77.0 Å². The standard InChI is InChI=1S/C11H14N4O/c12-3-1-4-13-11-6-10(14-8-15-11)9-2-5-16-7-9/h2,5-8H,1,3-4,12H2,(H,13,14,15). The van der Waals surface area contributed by atoms with Crippen molar-refractivity contribution in [2.24, 2.45) is 5.73 Å². The fraction of sp³-hybridized carbons (Fsp3) is 0.273. The molecule has 16 heavy (non-hydrogen) atoms.